The van der Waals surface area contributed by atoms with Crippen LogP contribution in [0.4, 0.5) is 0 Å². The summed E-state index contributed by atoms with van der Waals surface area (Å²) in [5, 5.41) is 0. The number of nitrogens with one attached hydrogen (secondary N) is 1. The first-order chi connectivity index (χ1) is 14.5. The van der Waals surface area contributed by atoms with Gasteiger partial charge >= 0.3 is 0 Å². The van der Waals surface area contributed by atoms with E-state index in [1.807, 2.05) is 32.0 Å². The summed E-state index contributed by atoms with van der Waals surface area (Å²) in [6, 6.07) is 12.3. The molecule has 0 aliphatic rings. The van der Waals surface area contributed by atoms with Crippen molar-refractivity contribution in [2.45, 2.75) is 38.6 Å². The third kappa shape index (κ3) is 6.63. The molecule has 0 atom stereocenters. The zero-order valence-corrected chi connectivity index (χ0v) is 19.6. The molecule has 0 radical (unpaired) electrons. The highest BCUT2D eigenvalue weighted by Crippen LogP contribution is 2.16. The van der Waals surface area contributed by atoms with Crippen LogP contribution < -0.4 is 4.72 Å². The van der Waals surface area contributed by atoms with Crippen molar-refractivity contribution in [1.82, 2.24) is 14.5 Å². The van der Waals surface area contributed by atoms with Gasteiger partial charge in [0.1, 0.15) is 0 Å². The Labute approximate surface area is 185 Å². The van der Waals surface area contributed by atoms with Gasteiger partial charge in [0.25, 0.3) is 5.91 Å². The second-order valence-corrected chi connectivity index (χ2v) is 9.46. The average molecular weight is 446 g/mol. The molecule has 2 amide bonds. The average Bonchev–Trinajstić information content (AvgIpc) is 2.71. The number of rotatable bonds is 9. The summed E-state index contributed by atoms with van der Waals surface area (Å²) in [6.45, 7) is 6.46. The van der Waals surface area contributed by atoms with Gasteiger partial charge in [0.2, 0.25) is 15.9 Å². The highest BCUT2D eigenvalue weighted by atomic mass is 32.2. The highest BCUT2D eigenvalue weighted by molar-refractivity contribution is 7.89. The minimum atomic E-state index is -3.67. The van der Waals surface area contributed by atoms with Gasteiger partial charge in [0, 0.05) is 45.7 Å². The largest absolute Gasteiger partial charge is 0.345 e. The van der Waals surface area contributed by atoms with Gasteiger partial charge in [-0.15, -0.1) is 0 Å². The van der Waals surface area contributed by atoms with E-state index in [4.69, 9.17) is 0 Å². The molecule has 7 nitrogen and oxygen atoms in total. The lowest BCUT2D eigenvalue weighted by molar-refractivity contribution is -0.131. The van der Waals surface area contributed by atoms with Crippen LogP contribution >= 0.6 is 0 Å². The Morgan fingerprint density at radius 2 is 1.65 bits per heavy atom. The molecule has 2 rings (SSSR count). The van der Waals surface area contributed by atoms with Gasteiger partial charge in [-0.2, -0.15) is 0 Å². The molecule has 0 saturated carbocycles. The predicted molar refractivity (Wildman–Crippen MR) is 121 cm³/mol. The lowest BCUT2D eigenvalue weighted by atomic mass is 10.1. The minimum Gasteiger partial charge on any atom is -0.345 e. The Hall–Kier alpha value is -2.71. The quantitative estimate of drug-likeness (QED) is 0.643. The van der Waals surface area contributed by atoms with Crippen LogP contribution in [-0.4, -0.2) is 57.2 Å². The molecule has 1 N–H and O–H groups in total. The van der Waals surface area contributed by atoms with E-state index in [2.05, 4.69) is 4.72 Å². The van der Waals surface area contributed by atoms with Crippen LogP contribution in [0.25, 0.3) is 0 Å². The van der Waals surface area contributed by atoms with Crippen LogP contribution in [0.1, 0.15) is 40.4 Å². The summed E-state index contributed by atoms with van der Waals surface area (Å²) in [7, 11) is -0.278. The summed E-state index contributed by atoms with van der Waals surface area (Å²) >= 11 is 0. The van der Waals surface area contributed by atoms with E-state index in [1.54, 1.807) is 50.2 Å². The van der Waals surface area contributed by atoms with Crippen molar-refractivity contribution in [3.63, 3.8) is 0 Å². The van der Waals surface area contributed by atoms with E-state index in [1.165, 1.54) is 4.90 Å². The zero-order valence-electron chi connectivity index (χ0n) is 18.8. The van der Waals surface area contributed by atoms with Gasteiger partial charge < -0.3 is 9.80 Å². The molecule has 31 heavy (non-hydrogen) atoms. The molecular weight excluding hydrogens is 414 g/mol. The van der Waals surface area contributed by atoms with Crippen molar-refractivity contribution < 1.29 is 18.0 Å². The first kappa shape index (κ1) is 24.6. The minimum absolute atomic E-state index is 0.0290. The van der Waals surface area contributed by atoms with E-state index in [9.17, 15) is 18.0 Å². The van der Waals surface area contributed by atoms with Crippen molar-refractivity contribution >= 4 is 21.8 Å². The summed E-state index contributed by atoms with van der Waals surface area (Å²) < 4.78 is 27.6. The molecule has 0 aliphatic carbocycles. The molecular formula is C23H31N3O4S. The Morgan fingerprint density at radius 3 is 2.19 bits per heavy atom. The maximum atomic E-state index is 12.6. The van der Waals surface area contributed by atoms with Crippen LogP contribution in [0, 0.1) is 13.8 Å². The standard InChI is InChI=1S/C23H31N3O4S/c1-6-26(16-19-8-10-20(11-9-19)23(28)25(4)5)22(27)13-14-24-31(29,30)21-12-7-17(2)15-18(21)3/h7-12,15,24H,6,13-14,16H2,1-5H3. The van der Waals surface area contributed by atoms with E-state index in [-0.39, 0.29) is 29.7 Å². The lowest BCUT2D eigenvalue weighted by Crippen LogP contribution is -2.34. The molecule has 0 heterocycles. The molecule has 2 aromatic rings. The van der Waals surface area contributed by atoms with Gasteiger partial charge in [-0.05, 0) is 50.1 Å². The fraction of sp³-hybridized carbons (Fsp3) is 0.391. The van der Waals surface area contributed by atoms with E-state index >= 15 is 0 Å². The number of carbonyl (C=O) groups excluding carboxylic acids is 2. The number of carbonyl (C=O) groups is 2. The third-order valence-electron chi connectivity index (χ3n) is 4.97. The summed E-state index contributed by atoms with van der Waals surface area (Å²) in [5.41, 5.74) is 3.15. The molecule has 0 aliphatic heterocycles. The van der Waals surface area contributed by atoms with Crippen LogP contribution in [0.5, 0.6) is 0 Å². The molecule has 0 saturated heterocycles. The molecule has 0 unspecified atom stereocenters. The van der Waals surface area contributed by atoms with E-state index < -0.39 is 10.0 Å². The summed E-state index contributed by atoms with van der Waals surface area (Å²) in [4.78, 5) is 28.0. The Kier molecular flexibility index (Phi) is 8.36. The van der Waals surface area contributed by atoms with Gasteiger partial charge in [0.15, 0.2) is 0 Å². The number of nitrogens with zero attached hydrogens (tertiary/aromatic N) is 2. The number of amides is 2. The van der Waals surface area contributed by atoms with Crippen molar-refractivity contribution in [2.24, 2.45) is 0 Å². The number of aryl methyl sites for hydroxylation is 2. The third-order valence-corrected chi connectivity index (χ3v) is 6.59. The summed E-state index contributed by atoms with van der Waals surface area (Å²) in [6.07, 6.45) is 0.0647. The topological polar surface area (TPSA) is 86.8 Å². The van der Waals surface area contributed by atoms with Gasteiger partial charge in [-0.25, -0.2) is 13.1 Å². The molecule has 8 heteroatoms. The normalized spacial score (nSPS) is 11.3. The number of sulfonamides is 1. The molecule has 0 spiro atoms. The summed E-state index contributed by atoms with van der Waals surface area (Å²) in [5.74, 6) is -0.217. The zero-order chi connectivity index (χ0) is 23.2. The van der Waals surface area contributed by atoms with Crippen molar-refractivity contribution in [2.75, 3.05) is 27.2 Å². The maximum Gasteiger partial charge on any atom is 0.253 e. The van der Waals surface area contributed by atoms with E-state index in [0.717, 1.165) is 11.1 Å². The van der Waals surface area contributed by atoms with E-state index in [0.29, 0.717) is 24.2 Å². The predicted octanol–water partition coefficient (Wildman–Crippen LogP) is 2.72. The van der Waals surface area contributed by atoms with Crippen molar-refractivity contribution in [3.8, 4) is 0 Å². The molecule has 0 fully saturated rings. The second-order valence-electron chi connectivity index (χ2n) is 7.72. The fourth-order valence-electron chi connectivity index (χ4n) is 3.24. The van der Waals surface area contributed by atoms with Crippen LogP contribution in [0.3, 0.4) is 0 Å². The Balaban J connectivity index is 1.95. The Morgan fingerprint density at radius 1 is 1.00 bits per heavy atom. The smallest absolute Gasteiger partial charge is 0.253 e. The molecule has 2 aromatic carbocycles. The van der Waals surface area contributed by atoms with Gasteiger partial charge in [-0.3, -0.25) is 9.59 Å². The lowest BCUT2D eigenvalue weighted by Gasteiger charge is -2.21. The monoisotopic (exact) mass is 445 g/mol. The number of hydrogen-bond donors (Lipinski definition) is 1. The number of hydrogen-bond acceptors (Lipinski definition) is 4. The Bertz CT molecular complexity index is 1030. The van der Waals surface area contributed by atoms with Crippen molar-refractivity contribution in [3.05, 3.63) is 64.7 Å². The fourth-order valence-corrected chi connectivity index (χ4v) is 4.49. The first-order valence-electron chi connectivity index (χ1n) is 10.2. The van der Waals surface area contributed by atoms with Gasteiger partial charge in [0.05, 0.1) is 4.90 Å². The molecule has 168 valence electrons. The van der Waals surface area contributed by atoms with Crippen molar-refractivity contribution in [1.29, 1.82) is 0 Å². The van der Waals surface area contributed by atoms with Gasteiger partial charge in [-0.1, -0.05) is 29.8 Å². The molecule has 0 bridgehead atoms. The van der Waals surface area contributed by atoms with Crippen LogP contribution in [0.2, 0.25) is 0 Å². The molecule has 0 aromatic heterocycles. The first-order valence-corrected chi connectivity index (χ1v) is 11.7. The van der Waals surface area contributed by atoms with Crippen LogP contribution in [0.15, 0.2) is 47.4 Å². The highest BCUT2D eigenvalue weighted by Gasteiger charge is 2.18. The van der Waals surface area contributed by atoms with Crippen LogP contribution in [-0.2, 0) is 21.4 Å². The maximum absolute atomic E-state index is 12.6. The second kappa shape index (κ2) is 10.5. The number of benzene rings is 2. The SMILES string of the molecule is CCN(Cc1ccc(C(=O)N(C)C)cc1)C(=O)CCNS(=O)(=O)c1ccc(C)cc1C.